The molecule has 19 heavy (non-hydrogen) atoms. The predicted octanol–water partition coefficient (Wildman–Crippen LogP) is 3.50. The molecule has 0 unspecified atom stereocenters. The summed E-state index contributed by atoms with van der Waals surface area (Å²) < 4.78 is 0. The molecular weight excluding hydrogens is 256 g/mol. The Morgan fingerprint density at radius 3 is 2.79 bits per heavy atom. The van der Waals surface area contributed by atoms with E-state index in [1.807, 2.05) is 6.07 Å². The first-order valence-electron chi connectivity index (χ1n) is 6.26. The molecule has 0 amide bonds. The summed E-state index contributed by atoms with van der Waals surface area (Å²) in [6, 6.07) is 10.3. The molecule has 0 aliphatic rings. The molecule has 4 heteroatoms. The second kappa shape index (κ2) is 5.89. The number of rotatable bonds is 5. The molecule has 0 atom stereocenters. The quantitative estimate of drug-likeness (QED) is 0.820. The van der Waals surface area contributed by atoms with Crippen LogP contribution in [-0.4, -0.2) is 12.3 Å². The Kier molecular flexibility index (Phi) is 4.22. The molecule has 2 rings (SSSR count). The van der Waals surface area contributed by atoms with Crippen molar-refractivity contribution in [1.29, 1.82) is 0 Å². The van der Waals surface area contributed by atoms with E-state index < -0.39 is 0 Å². The van der Waals surface area contributed by atoms with Crippen molar-refractivity contribution >= 4 is 27.8 Å². The van der Waals surface area contributed by atoms with Crippen molar-refractivity contribution in [2.75, 3.05) is 17.6 Å². The maximum Gasteiger partial charge on any atom is 0.171 e. The molecule has 0 spiro atoms. The number of hydrogen-bond donors (Lipinski definition) is 2. The van der Waals surface area contributed by atoms with Gasteiger partial charge in [-0.1, -0.05) is 29.8 Å². The zero-order chi connectivity index (χ0) is 13.8. The summed E-state index contributed by atoms with van der Waals surface area (Å²) in [6.45, 7) is 4.47. The van der Waals surface area contributed by atoms with Crippen molar-refractivity contribution in [3.63, 3.8) is 0 Å². The van der Waals surface area contributed by atoms with Crippen LogP contribution < -0.4 is 11.1 Å². The number of benzene rings is 1. The van der Waals surface area contributed by atoms with Crippen molar-refractivity contribution in [2.45, 2.75) is 20.3 Å². The predicted molar refractivity (Wildman–Crippen MR) is 82.1 cm³/mol. The highest BCUT2D eigenvalue weighted by molar-refractivity contribution is 7.18. The van der Waals surface area contributed by atoms with Crippen LogP contribution >= 0.6 is 11.3 Å². The highest BCUT2D eigenvalue weighted by Gasteiger charge is 2.09. The summed E-state index contributed by atoms with van der Waals surface area (Å²) >= 11 is 1.42. The second-order valence-corrected chi connectivity index (χ2v) is 5.67. The molecule has 0 saturated carbocycles. The van der Waals surface area contributed by atoms with Gasteiger partial charge in [0, 0.05) is 13.5 Å². The Bertz CT molecular complexity index is 590. The minimum atomic E-state index is 0.0224. The Morgan fingerprint density at radius 1 is 1.37 bits per heavy atom. The molecule has 0 saturated heterocycles. The van der Waals surface area contributed by atoms with Gasteiger partial charge < -0.3 is 11.1 Å². The molecule has 3 nitrogen and oxygen atoms in total. The molecule has 100 valence electrons. The Labute approximate surface area is 117 Å². The van der Waals surface area contributed by atoms with Crippen LogP contribution in [0.4, 0.5) is 10.7 Å². The van der Waals surface area contributed by atoms with Gasteiger partial charge in [0.15, 0.2) is 5.78 Å². The average molecular weight is 274 g/mol. The lowest BCUT2D eigenvalue weighted by atomic mass is 10.1. The van der Waals surface area contributed by atoms with E-state index in [2.05, 4.69) is 36.5 Å². The lowest BCUT2D eigenvalue weighted by molar-refractivity contribution is 0.102. The number of carbonyl (C=O) groups is 1. The summed E-state index contributed by atoms with van der Waals surface area (Å²) in [6.07, 6.45) is 0.953. The number of nitrogen functional groups attached to an aromatic ring is 1. The van der Waals surface area contributed by atoms with Gasteiger partial charge in [0.05, 0.1) is 15.6 Å². The monoisotopic (exact) mass is 274 g/mol. The van der Waals surface area contributed by atoms with Gasteiger partial charge in [-0.3, -0.25) is 4.79 Å². The maximum absolute atomic E-state index is 11.3. The van der Waals surface area contributed by atoms with Crippen molar-refractivity contribution in [3.05, 3.63) is 46.3 Å². The summed E-state index contributed by atoms with van der Waals surface area (Å²) in [5, 5.41) is 4.27. The zero-order valence-electron chi connectivity index (χ0n) is 11.2. The third kappa shape index (κ3) is 3.58. The smallest absolute Gasteiger partial charge is 0.171 e. The van der Waals surface area contributed by atoms with Crippen LogP contribution in [0.1, 0.15) is 27.7 Å². The van der Waals surface area contributed by atoms with E-state index >= 15 is 0 Å². The third-order valence-electron chi connectivity index (χ3n) is 2.88. The molecule has 0 fully saturated rings. The number of nitrogens with one attached hydrogen (secondary N) is 1. The SMILES string of the molecule is CC(=O)c1sc(NCCc2cccc(C)c2)cc1N. The van der Waals surface area contributed by atoms with Gasteiger partial charge in [-0.05, 0) is 25.0 Å². The normalized spacial score (nSPS) is 10.4. The standard InChI is InChI=1S/C15H18N2OS/c1-10-4-3-5-12(8-10)6-7-17-14-9-13(16)15(19-14)11(2)18/h3-5,8-9,17H,6-7,16H2,1-2H3. The van der Waals surface area contributed by atoms with E-state index in [4.69, 9.17) is 5.73 Å². The van der Waals surface area contributed by atoms with Crippen LogP contribution in [0.3, 0.4) is 0 Å². The minimum Gasteiger partial charge on any atom is -0.397 e. The number of thiophene rings is 1. The average Bonchev–Trinajstić information content (AvgIpc) is 2.71. The van der Waals surface area contributed by atoms with E-state index in [1.165, 1.54) is 22.5 Å². The largest absolute Gasteiger partial charge is 0.397 e. The highest BCUT2D eigenvalue weighted by Crippen LogP contribution is 2.29. The van der Waals surface area contributed by atoms with Gasteiger partial charge >= 0.3 is 0 Å². The molecule has 0 aliphatic heterocycles. The van der Waals surface area contributed by atoms with Crippen LogP contribution in [0, 0.1) is 6.92 Å². The van der Waals surface area contributed by atoms with Gasteiger partial charge in [0.25, 0.3) is 0 Å². The number of anilines is 2. The fraction of sp³-hybridized carbons (Fsp3) is 0.267. The first kappa shape index (κ1) is 13.6. The molecule has 1 heterocycles. The maximum atomic E-state index is 11.3. The first-order chi connectivity index (χ1) is 9.06. The molecule has 0 bridgehead atoms. The molecule has 0 aliphatic carbocycles. The van der Waals surface area contributed by atoms with E-state index in [1.54, 1.807) is 6.92 Å². The number of nitrogens with two attached hydrogens (primary N) is 1. The van der Waals surface area contributed by atoms with E-state index in [-0.39, 0.29) is 5.78 Å². The van der Waals surface area contributed by atoms with Gasteiger partial charge in [0.1, 0.15) is 0 Å². The number of carbonyl (C=O) groups excluding carboxylic acids is 1. The number of Topliss-reactive ketones (excluding diaryl/α,β-unsaturated/α-hetero) is 1. The molecular formula is C15H18N2OS. The summed E-state index contributed by atoms with van der Waals surface area (Å²) in [5.41, 5.74) is 8.94. The van der Waals surface area contributed by atoms with E-state index in [0.29, 0.717) is 10.6 Å². The Balaban J connectivity index is 1.92. The molecule has 1 aromatic heterocycles. The fourth-order valence-corrected chi connectivity index (χ4v) is 2.87. The van der Waals surface area contributed by atoms with Crippen molar-refractivity contribution in [2.24, 2.45) is 0 Å². The number of aryl methyl sites for hydroxylation is 1. The van der Waals surface area contributed by atoms with E-state index in [9.17, 15) is 4.79 Å². The van der Waals surface area contributed by atoms with Crippen molar-refractivity contribution in [3.8, 4) is 0 Å². The van der Waals surface area contributed by atoms with Gasteiger partial charge in [0.2, 0.25) is 0 Å². The highest BCUT2D eigenvalue weighted by atomic mass is 32.1. The van der Waals surface area contributed by atoms with Crippen LogP contribution in [0.25, 0.3) is 0 Å². The number of hydrogen-bond acceptors (Lipinski definition) is 4. The van der Waals surface area contributed by atoms with Gasteiger partial charge in [-0.25, -0.2) is 0 Å². The molecule has 0 radical (unpaired) electrons. The van der Waals surface area contributed by atoms with Crippen molar-refractivity contribution < 1.29 is 4.79 Å². The third-order valence-corrected chi connectivity index (χ3v) is 4.09. The summed E-state index contributed by atoms with van der Waals surface area (Å²) in [4.78, 5) is 12.0. The summed E-state index contributed by atoms with van der Waals surface area (Å²) in [7, 11) is 0. The van der Waals surface area contributed by atoms with Crippen molar-refractivity contribution in [1.82, 2.24) is 0 Å². The first-order valence-corrected chi connectivity index (χ1v) is 7.07. The van der Waals surface area contributed by atoms with Crippen LogP contribution in [0.2, 0.25) is 0 Å². The van der Waals surface area contributed by atoms with Crippen LogP contribution in [0.5, 0.6) is 0 Å². The lowest BCUT2D eigenvalue weighted by Gasteiger charge is -2.04. The zero-order valence-corrected chi connectivity index (χ0v) is 12.0. The lowest BCUT2D eigenvalue weighted by Crippen LogP contribution is -2.03. The van der Waals surface area contributed by atoms with Crippen LogP contribution in [0.15, 0.2) is 30.3 Å². The molecule has 3 N–H and O–H groups in total. The van der Waals surface area contributed by atoms with Gasteiger partial charge in [-0.2, -0.15) is 0 Å². The Hall–Kier alpha value is -1.81. The second-order valence-electron chi connectivity index (χ2n) is 4.62. The van der Waals surface area contributed by atoms with E-state index in [0.717, 1.165) is 18.0 Å². The molecule has 1 aromatic carbocycles. The minimum absolute atomic E-state index is 0.0224. The fourth-order valence-electron chi connectivity index (χ4n) is 1.97. The molecule has 2 aromatic rings. The summed E-state index contributed by atoms with van der Waals surface area (Å²) in [5.74, 6) is 0.0224. The Morgan fingerprint density at radius 2 is 2.16 bits per heavy atom. The topological polar surface area (TPSA) is 55.1 Å². The van der Waals surface area contributed by atoms with Gasteiger partial charge in [-0.15, -0.1) is 11.3 Å². The van der Waals surface area contributed by atoms with Crippen LogP contribution in [-0.2, 0) is 6.42 Å². The number of ketones is 1.